The molecule has 1 N–H and O–H groups in total. The molecule has 0 saturated carbocycles. The first-order valence-electron chi connectivity index (χ1n) is 5.96. The predicted molar refractivity (Wildman–Crippen MR) is 64.2 cm³/mol. The van der Waals surface area contributed by atoms with E-state index in [0.717, 1.165) is 38.3 Å². The molecule has 1 aliphatic heterocycles. The number of hydrogen-bond acceptors (Lipinski definition) is 5. The molecule has 0 spiro atoms. The quantitative estimate of drug-likeness (QED) is 0.772. The third-order valence-electron chi connectivity index (χ3n) is 3.02. The van der Waals surface area contributed by atoms with E-state index in [4.69, 9.17) is 10.9 Å². The van der Waals surface area contributed by atoms with Gasteiger partial charge in [-0.1, -0.05) is 11.1 Å². The molecule has 0 radical (unpaired) electrons. The molecule has 1 fully saturated rings. The molecule has 0 aromatic carbocycles. The number of hydrogen-bond donors (Lipinski definition) is 1. The highest BCUT2D eigenvalue weighted by molar-refractivity contribution is 4.91. The fourth-order valence-corrected chi connectivity index (χ4v) is 2.07. The van der Waals surface area contributed by atoms with Crippen molar-refractivity contribution in [2.24, 2.45) is 0 Å². The molecule has 92 valence electrons. The number of likely N-dealkylation sites (tertiary alicyclic amines) is 1. The number of rotatable bonds is 4. The second kappa shape index (κ2) is 5.80. The third kappa shape index (κ3) is 3.55. The zero-order valence-electron chi connectivity index (χ0n) is 10.1. The minimum atomic E-state index is 0.530. The molecule has 5 nitrogen and oxygen atoms in total. The Hall–Kier alpha value is -1.38. The second-order valence-corrected chi connectivity index (χ2v) is 4.37. The zero-order chi connectivity index (χ0) is 12.1. The van der Waals surface area contributed by atoms with Crippen LogP contribution >= 0.6 is 0 Å². The van der Waals surface area contributed by atoms with Gasteiger partial charge in [0.2, 0.25) is 5.89 Å². The maximum atomic E-state index is 5.30. The Morgan fingerprint density at radius 3 is 2.88 bits per heavy atom. The van der Waals surface area contributed by atoms with Crippen molar-refractivity contribution in [3.05, 3.63) is 11.7 Å². The van der Waals surface area contributed by atoms with Crippen LogP contribution in [0.2, 0.25) is 0 Å². The van der Waals surface area contributed by atoms with Crippen LogP contribution in [0.1, 0.15) is 24.6 Å². The summed E-state index contributed by atoms with van der Waals surface area (Å²) < 4.78 is 4.92. The molecule has 0 atom stereocenters. The van der Waals surface area contributed by atoms with Gasteiger partial charge in [0.25, 0.3) is 0 Å². The molecule has 0 unspecified atom stereocenters. The molecule has 0 bridgehead atoms. The number of aryl methyl sites for hydroxylation is 1. The second-order valence-electron chi connectivity index (χ2n) is 4.37. The van der Waals surface area contributed by atoms with E-state index in [9.17, 15) is 0 Å². The van der Waals surface area contributed by atoms with Gasteiger partial charge < -0.3 is 9.84 Å². The van der Waals surface area contributed by atoms with E-state index in [1.165, 1.54) is 0 Å². The summed E-state index contributed by atoms with van der Waals surface area (Å²) in [6.45, 7) is 5.36. The van der Waals surface area contributed by atoms with Crippen LogP contribution in [0, 0.1) is 19.3 Å². The van der Waals surface area contributed by atoms with Gasteiger partial charge in [-0.05, 0) is 12.8 Å². The minimum absolute atomic E-state index is 0.530. The van der Waals surface area contributed by atoms with Gasteiger partial charge in [-0.3, -0.25) is 4.90 Å². The van der Waals surface area contributed by atoms with Crippen molar-refractivity contribution in [1.29, 1.82) is 0 Å². The van der Waals surface area contributed by atoms with Crippen LogP contribution in [0.15, 0.2) is 4.52 Å². The highest BCUT2D eigenvalue weighted by atomic mass is 16.5. The van der Waals surface area contributed by atoms with Crippen molar-refractivity contribution in [3.63, 3.8) is 0 Å². The van der Waals surface area contributed by atoms with Crippen LogP contribution < -0.4 is 5.32 Å². The minimum Gasteiger partial charge on any atom is -0.340 e. The number of piperidine rings is 1. The van der Waals surface area contributed by atoms with Crippen molar-refractivity contribution in [2.45, 2.75) is 32.4 Å². The molecular weight excluding hydrogens is 216 g/mol. The van der Waals surface area contributed by atoms with E-state index in [-0.39, 0.29) is 0 Å². The highest BCUT2D eigenvalue weighted by Crippen LogP contribution is 2.10. The first-order valence-corrected chi connectivity index (χ1v) is 5.96. The Kier molecular flexibility index (Phi) is 4.13. The summed E-state index contributed by atoms with van der Waals surface area (Å²) in [6.07, 6.45) is 7.54. The van der Waals surface area contributed by atoms with Gasteiger partial charge in [0, 0.05) is 26.1 Å². The molecule has 1 aromatic heterocycles. The van der Waals surface area contributed by atoms with Gasteiger partial charge >= 0.3 is 0 Å². The lowest BCUT2D eigenvalue weighted by Gasteiger charge is -2.30. The molecule has 1 aromatic rings. The van der Waals surface area contributed by atoms with E-state index >= 15 is 0 Å². The van der Waals surface area contributed by atoms with Crippen molar-refractivity contribution < 1.29 is 4.52 Å². The maximum Gasteiger partial charge on any atom is 0.223 e. The van der Waals surface area contributed by atoms with Crippen LogP contribution in [0.4, 0.5) is 0 Å². The lowest BCUT2D eigenvalue weighted by molar-refractivity contribution is 0.216. The van der Waals surface area contributed by atoms with Crippen LogP contribution in [-0.4, -0.2) is 40.7 Å². The molecule has 5 heteroatoms. The lowest BCUT2D eigenvalue weighted by atomic mass is 10.1. The average molecular weight is 234 g/mol. The molecule has 2 heterocycles. The normalized spacial score (nSPS) is 18.1. The van der Waals surface area contributed by atoms with Crippen LogP contribution in [0.5, 0.6) is 0 Å². The molecule has 2 rings (SSSR count). The molecule has 17 heavy (non-hydrogen) atoms. The topological polar surface area (TPSA) is 54.2 Å². The summed E-state index contributed by atoms with van der Waals surface area (Å²) >= 11 is 0. The molecule has 0 aliphatic carbocycles. The van der Waals surface area contributed by atoms with Gasteiger partial charge in [-0.25, -0.2) is 0 Å². The average Bonchev–Trinajstić information content (AvgIpc) is 2.75. The third-order valence-corrected chi connectivity index (χ3v) is 3.02. The van der Waals surface area contributed by atoms with Gasteiger partial charge in [0.15, 0.2) is 5.82 Å². The monoisotopic (exact) mass is 234 g/mol. The molecule has 1 saturated heterocycles. The van der Waals surface area contributed by atoms with E-state index in [0.29, 0.717) is 18.5 Å². The number of terminal acetylenes is 1. The largest absolute Gasteiger partial charge is 0.340 e. The molecular formula is C12H18N4O. The summed E-state index contributed by atoms with van der Waals surface area (Å²) in [7, 11) is 0. The SMILES string of the molecule is C#CCN1CCC(NCc2noc(C)n2)CC1. The number of nitrogens with one attached hydrogen (secondary N) is 1. The Balaban J connectivity index is 1.70. The lowest BCUT2D eigenvalue weighted by Crippen LogP contribution is -2.42. The Morgan fingerprint density at radius 1 is 1.53 bits per heavy atom. The molecule has 0 amide bonds. The van der Waals surface area contributed by atoms with Crippen molar-refractivity contribution >= 4 is 0 Å². The number of aromatic nitrogens is 2. The highest BCUT2D eigenvalue weighted by Gasteiger charge is 2.18. The maximum absolute atomic E-state index is 5.30. The van der Waals surface area contributed by atoms with E-state index in [1.54, 1.807) is 6.92 Å². The van der Waals surface area contributed by atoms with Gasteiger partial charge in [-0.2, -0.15) is 4.98 Å². The standard InChI is InChI=1S/C12H18N4O/c1-3-6-16-7-4-11(5-8-16)13-9-12-14-10(2)17-15-12/h1,11,13H,4-9H2,2H3. The summed E-state index contributed by atoms with van der Waals surface area (Å²) in [5, 5.41) is 7.31. The van der Waals surface area contributed by atoms with Crippen LogP contribution in [0.25, 0.3) is 0 Å². The van der Waals surface area contributed by atoms with Crippen molar-refractivity contribution in [1.82, 2.24) is 20.4 Å². The smallest absolute Gasteiger partial charge is 0.223 e. The van der Waals surface area contributed by atoms with E-state index in [1.807, 2.05) is 0 Å². The number of nitrogens with zero attached hydrogens (tertiary/aromatic N) is 3. The molecule has 1 aliphatic rings. The van der Waals surface area contributed by atoms with E-state index in [2.05, 4.69) is 26.3 Å². The van der Waals surface area contributed by atoms with Crippen LogP contribution in [-0.2, 0) is 6.54 Å². The fraction of sp³-hybridized carbons (Fsp3) is 0.667. The Morgan fingerprint density at radius 2 is 2.29 bits per heavy atom. The Bertz CT molecular complexity index is 387. The van der Waals surface area contributed by atoms with E-state index < -0.39 is 0 Å². The first kappa shape index (κ1) is 12.1. The van der Waals surface area contributed by atoms with Gasteiger partial charge in [0.1, 0.15) is 0 Å². The predicted octanol–water partition coefficient (Wildman–Crippen LogP) is 0.565. The zero-order valence-corrected chi connectivity index (χ0v) is 10.1. The fourth-order valence-electron chi connectivity index (χ4n) is 2.07. The van der Waals surface area contributed by atoms with Crippen molar-refractivity contribution in [2.75, 3.05) is 19.6 Å². The Labute approximate surface area is 102 Å². The van der Waals surface area contributed by atoms with Crippen molar-refractivity contribution in [3.8, 4) is 12.3 Å². The first-order chi connectivity index (χ1) is 8.28. The van der Waals surface area contributed by atoms with Gasteiger partial charge in [-0.15, -0.1) is 6.42 Å². The van der Waals surface area contributed by atoms with Crippen LogP contribution in [0.3, 0.4) is 0 Å². The summed E-state index contributed by atoms with van der Waals surface area (Å²) in [6, 6.07) is 0.530. The summed E-state index contributed by atoms with van der Waals surface area (Å²) in [5.74, 6) is 4.03. The summed E-state index contributed by atoms with van der Waals surface area (Å²) in [4.78, 5) is 6.46. The van der Waals surface area contributed by atoms with Gasteiger partial charge in [0.05, 0.1) is 13.1 Å². The summed E-state index contributed by atoms with van der Waals surface area (Å²) in [5.41, 5.74) is 0.